The van der Waals surface area contributed by atoms with Crippen LogP contribution in [-0.2, 0) is 0 Å². The molecule has 2 rings (SSSR count). The maximum Gasteiger partial charge on any atom is 0.135 e. The summed E-state index contributed by atoms with van der Waals surface area (Å²) in [6, 6.07) is 8.35. The normalized spacial score (nSPS) is 10.5. The van der Waals surface area contributed by atoms with Crippen molar-refractivity contribution in [2.24, 2.45) is 0 Å². The first-order valence-corrected chi connectivity index (χ1v) is 3.28. The van der Waals surface area contributed by atoms with Crippen molar-refractivity contribution in [2.45, 2.75) is 0 Å². The van der Waals surface area contributed by atoms with Crippen LogP contribution in [0.15, 0.2) is 28.9 Å². The Morgan fingerprint density at radius 3 is 3.20 bits per heavy atom. The van der Waals surface area contributed by atoms with Crippen LogP contribution in [0.3, 0.4) is 0 Å². The zero-order valence-corrected chi connectivity index (χ0v) is 5.85. The summed E-state index contributed by atoms with van der Waals surface area (Å²) in [5.41, 5.74) is 0.809. The van der Waals surface area contributed by atoms with Gasteiger partial charge in [-0.15, -0.1) is 0 Å². The topological polar surface area (TPSA) is 13.1 Å². The van der Waals surface area contributed by atoms with E-state index >= 15 is 0 Å². The monoisotopic (exact) mass is 151 g/mol. The number of fused-ring (bicyclic) bond motifs is 1. The number of hydrogen-bond acceptors (Lipinski definition) is 1. The molecule has 0 N–H and O–H groups in total. The van der Waals surface area contributed by atoms with E-state index < -0.39 is 0 Å². The summed E-state index contributed by atoms with van der Waals surface area (Å²) in [6.07, 6.45) is 1.53. The molecule has 0 saturated carbocycles. The standard InChI is InChI=1S/C8H4ClO/c9-7-5-10-8-4-2-1-3-6(7)8/h2-5H. The van der Waals surface area contributed by atoms with E-state index in [9.17, 15) is 0 Å². The van der Waals surface area contributed by atoms with E-state index in [2.05, 4.69) is 6.07 Å². The molecule has 2 aromatic rings. The lowest BCUT2D eigenvalue weighted by molar-refractivity contribution is 0.616. The van der Waals surface area contributed by atoms with E-state index in [-0.39, 0.29) is 0 Å². The summed E-state index contributed by atoms with van der Waals surface area (Å²) in [4.78, 5) is 0. The lowest BCUT2D eigenvalue weighted by atomic mass is 10.3. The van der Waals surface area contributed by atoms with Gasteiger partial charge in [0.1, 0.15) is 11.8 Å². The van der Waals surface area contributed by atoms with Crippen molar-refractivity contribution in [2.75, 3.05) is 0 Å². The van der Waals surface area contributed by atoms with Crippen molar-refractivity contribution >= 4 is 22.6 Å². The molecule has 0 spiro atoms. The van der Waals surface area contributed by atoms with Crippen molar-refractivity contribution in [1.29, 1.82) is 0 Å². The summed E-state index contributed by atoms with van der Waals surface area (Å²) in [6.45, 7) is 0. The smallest absolute Gasteiger partial charge is 0.135 e. The van der Waals surface area contributed by atoms with Gasteiger partial charge in [0, 0.05) is 5.39 Å². The average Bonchev–Trinajstić information content (AvgIpc) is 2.34. The average molecular weight is 152 g/mol. The van der Waals surface area contributed by atoms with Gasteiger partial charge in [-0.3, -0.25) is 0 Å². The van der Waals surface area contributed by atoms with Crippen molar-refractivity contribution in [3.63, 3.8) is 0 Å². The Hall–Kier alpha value is -0.950. The number of rotatable bonds is 0. The fourth-order valence-corrected chi connectivity index (χ4v) is 1.08. The summed E-state index contributed by atoms with van der Waals surface area (Å²) in [5, 5.41) is 1.57. The van der Waals surface area contributed by atoms with Gasteiger partial charge in [0.15, 0.2) is 0 Å². The van der Waals surface area contributed by atoms with Crippen LogP contribution >= 0.6 is 11.6 Å². The Kier molecular flexibility index (Phi) is 1.18. The Morgan fingerprint density at radius 1 is 1.50 bits per heavy atom. The molecule has 0 atom stereocenters. The number of furan rings is 1. The minimum absolute atomic E-state index is 0.645. The van der Waals surface area contributed by atoms with Crippen molar-refractivity contribution in [3.8, 4) is 0 Å². The predicted molar refractivity (Wildman–Crippen MR) is 40.1 cm³/mol. The third-order valence-corrected chi connectivity index (χ3v) is 1.66. The Morgan fingerprint density at radius 2 is 2.40 bits per heavy atom. The van der Waals surface area contributed by atoms with E-state index in [0.717, 1.165) is 11.0 Å². The number of halogens is 1. The van der Waals surface area contributed by atoms with Gasteiger partial charge < -0.3 is 4.42 Å². The SMILES string of the molecule is Clc1coc2cc[c]cc12. The zero-order valence-electron chi connectivity index (χ0n) is 5.10. The first kappa shape index (κ1) is 5.81. The molecule has 0 aliphatic carbocycles. The molecular weight excluding hydrogens is 148 g/mol. The van der Waals surface area contributed by atoms with Crippen molar-refractivity contribution < 1.29 is 4.42 Å². The maximum atomic E-state index is 5.76. The molecule has 0 fully saturated rings. The number of benzene rings is 1. The van der Waals surface area contributed by atoms with Gasteiger partial charge in [-0.05, 0) is 18.2 Å². The fourth-order valence-electron chi connectivity index (χ4n) is 0.884. The minimum atomic E-state index is 0.645. The molecule has 1 radical (unpaired) electrons. The maximum absolute atomic E-state index is 5.76. The Balaban J connectivity index is 2.93. The van der Waals surface area contributed by atoms with Gasteiger partial charge in [-0.1, -0.05) is 17.7 Å². The second-order valence-corrected chi connectivity index (χ2v) is 2.41. The molecule has 1 aromatic carbocycles. The summed E-state index contributed by atoms with van der Waals surface area (Å²) < 4.78 is 5.10. The molecule has 0 aliphatic rings. The first-order chi connectivity index (χ1) is 4.88. The first-order valence-electron chi connectivity index (χ1n) is 2.91. The van der Waals surface area contributed by atoms with E-state index in [1.807, 2.05) is 6.07 Å². The summed E-state index contributed by atoms with van der Waals surface area (Å²) in [7, 11) is 0. The van der Waals surface area contributed by atoms with E-state index in [1.54, 1.807) is 12.1 Å². The van der Waals surface area contributed by atoms with Gasteiger partial charge in [-0.2, -0.15) is 0 Å². The molecule has 1 aromatic heterocycles. The molecule has 1 nitrogen and oxygen atoms in total. The van der Waals surface area contributed by atoms with Gasteiger partial charge >= 0.3 is 0 Å². The van der Waals surface area contributed by atoms with E-state index in [1.165, 1.54) is 6.26 Å². The molecule has 0 bridgehead atoms. The second kappa shape index (κ2) is 2.03. The molecule has 0 aliphatic heterocycles. The molecule has 49 valence electrons. The summed E-state index contributed by atoms with van der Waals surface area (Å²) >= 11 is 5.76. The minimum Gasteiger partial charge on any atom is -0.463 e. The van der Waals surface area contributed by atoms with E-state index in [0.29, 0.717) is 5.02 Å². The van der Waals surface area contributed by atoms with Gasteiger partial charge in [0.25, 0.3) is 0 Å². The molecule has 2 heteroatoms. The molecular formula is C8H4ClO. The van der Waals surface area contributed by atoms with E-state index in [4.69, 9.17) is 16.0 Å². The lowest BCUT2D eigenvalue weighted by Crippen LogP contribution is -1.60. The van der Waals surface area contributed by atoms with Crippen LogP contribution in [-0.4, -0.2) is 0 Å². The molecule has 10 heavy (non-hydrogen) atoms. The highest BCUT2D eigenvalue weighted by molar-refractivity contribution is 6.35. The molecule has 0 unspecified atom stereocenters. The van der Waals surface area contributed by atoms with Gasteiger partial charge in [0.2, 0.25) is 0 Å². The Bertz CT molecular complexity index is 351. The Labute approximate surface area is 63.2 Å². The van der Waals surface area contributed by atoms with Crippen LogP contribution in [0.5, 0.6) is 0 Å². The van der Waals surface area contributed by atoms with Crippen molar-refractivity contribution in [1.82, 2.24) is 0 Å². The highest BCUT2D eigenvalue weighted by Gasteiger charge is 1.99. The quantitative estimate of drug-likeness (QED) is 0.564. The largest absolute Gasteiger partial charge is 0.463 e. The van der Waals surface area contributed by atoms with Crippen LogP contribution < -0.4 is 0 Å². The third-order valence-electron chi connectivity index (χ3n) is 1.37. The second-order valence-electron chi connectivity index (χ2n) is 2.01. The third kappa shape index (κ3) is 0.711. The van der Waals surface area contributed by atoms with Crippen LogP contribution in [0.2, 0.25) is 5.02 Å². The fraction of sp³-hybridized carbons (Fsp3) is 0. The number of hydrogen-bond donors (Lipinski definition) is 0. The summed E-state index contributed by atoms with van der Waals surface area (Å²) in [5.74, 6) is 0. The van der Waals surface area contributed by atoms with Gasteiger partial charge in [-0.25, -0.2) is 0 Å². The molecule has 0 amide bonds. The van der Waals surface area contributed by atoms with Gasteiger partial charge in [0.05, 0.1) is 5.02 Å². The van der Waals surface area contributed by atoms with Crippen molar-refractivity contribution in [3.05, 3.63) is 35.6 Å². The van der Waals surface area contributed by atoms with Crippen LogP contribution in [0.25, 0.3) is 11.0 Å². The van der Waals surface area contributed by atoms with Crippen LogP contribution in [0, 0.1) is 6.07 Å². The molecule has 0 saturated heterocycles. The highest BCUT2D eigenvalue weighted by Crippen LogP contribution is 2.24. The lowest BCUT2D eigenvalue weighted by Gasteiger charge is -1.82. The van der Waals surface area contributed by atoms with Crippen LogP contribution in [0.4, 0.5) is 0 Å². The highest BCUT2D eigenvalue weighted by atomic mass is 35.5. The zero-order chi connectivity index (χ0) is 6.97. The predicted octanol–water partition coefficient (Wildman–Crippen LogP) is 2.89. The van der Waals surface area contributed by atoms with Crippen LogP contribution in [0.1, 0.15) is 0 Å². The molecule has 1 heterocycles.